The molecule has 1 aliphatic rings. The van der Waals surface area contributed by atoms with E-state index >= 15 is 0 Å². The molecule has 86 valence electrons. The molecule has 1 rings (SSSR count). The van der Waals surface area contributed by atoms with Crippen LogP contribution < -0.4 is 10.6 Å². The van der Waals surface area contributed by atoms with E-state index in [4.69, 9.17) is 17.3 Å². The van der Waals surface area contributed by atoms with E-state index in [1.165, 1.54) is 22.9 Å². The number of allylic oxidation sites excluding steroid dienone is 1. The Bertz CT molecular complexity index is 256. The van der Waals surface area contributed by atoms with Crippen LogP contribution in [0.2, 0.25) is 0 Å². The Morgan fingerprint density at radius 1 is 1.33 bits per heavy atom. The molecule has 0 fully saturated rings. The molecule has 0 heterocycles. The van der Waals surface area contributed by atoms with Crippen LogP contribution in [0, 0.1) is 0 Å². The molecule has 0 radical (unpaired) electrons. The first kappa shape index (κ1) is 12.9. The number of hydrogen-bond donors (Lipinski definition) is 3. The topological polar surface area (TPSA) is 44.3 Å². The Morgan fingerprint density at radius 2 is 2.07 bits per heavy atom. The second-order valence-electron chi connectivity index (χ2n) is 3.55. The van der Waals surface area contributed by atoms with Crippen molar-refractivity contribution in [1.82, 2.24) is 10.6 Å². The fourth-order valence-electron chi connectivity index (χ4n) is 1.53. The van der Waals surface area contributed by atoms with Crippen molar-refractivity contribution in [2.45, 2.75) is 25.7 Å². The summed E-state index contributed by atoms with van der Waals surface area (Å²) >= 11 is 8.65. The molecule has 0 aliphatic heterocycles. The molecule has 0 bridgehead atoms. The van der Waals surface area contributed by atoms with Crippen LogP contribution in [-0.4, -0.2) is 29.9 Å². The Hall–Kier alpha value is -0.130. The molecule has 0 unspecified atom stereocenters. The average Bonchev–Trinajstić information content (AvgIpc) is 2.25. The Morgan fingerprint density at radius 3 is 2.73 bits per heavy atom. The predicted molar refractivity (Wildman–Crippen MR) is 70.1 cm³/mol. The van der Waals surface area contributed by atoms with Crippen LogP contribution in [0.4, 0.5) is 0 Å². The number of thiocarbonyl (C=S) groups is 1. The largest absolute Gasteiger partial charge is 0.395 e. The summed E-state index contributed by atoms with van der Waals surface area (Å²) in [7, 11) is 0. The standard InChI is InChI=1S/C10H17BrN2OS/c11-9-4-2-1-3-8(9)7-13-10(15)12-5-6-14/h14H,1-7H2,(H2,12,13,15). The van der Waals surface area contributed by atoms with Gasteiger partial charge in [-0.2, -0.15) is 0 Å². The molecule has 0 saturated carbocycles. The van der Waals surface area contributed by atoms with Crippen molar-refractivity contribution in [3.05, 3.63) is 10.1 Å². The highest BCUT2D eigenvalue weighted by molar-refractivity contribution is 9.11. The zero-order chi connectivity index (χ0) is 11.1. The van der Waals surface area contributed by atoms with Gasteiger partial charge in [0, 0.05) is 13.1 Å². The van der Waals surface area contributed by atoms with Crippen LogP contribution in [-0.2, 0) is 0 Å². The SMILES string of the molecule is OCCNC(=S)NCC1=C(Br)CCCC1. The minimum Gasteiger partial charge on any atom is -0.395 e. The fraction of sp³-hybridized carbons (Fsp3) is 0.700. The van der Waals surface area contributed by atoms with Gasteiger partial charge in [0.1, 0.15) is 0 Å². The number of halogens is 1. The summed E-state index contributed by atoms with van der Waals surface area (Å²) < 4.78 is 1.33. The van der Waals surface area contributed by atoms with Crippen LogP contribution in [0.15, 0.2) is 10.1 Å². The highest BCUT2D eigenvalue weighted by Gasteiger charge is 2.10. The molecular formula is C10H17BrN2OS. The van der Waals surface area contributed by atoms with Crippen LogP contribution in [0.25, 0.3) is 0 Å². The molecule has 0 amide bonds. The van der Waals surface area contributed by atoms with Gasteiger partial charge in [0.15, 0.2) is 5.11 Å². The first-order valence-electron chi connectivity index (χ1n) is 5.23. The third kappa shape index (κ3) is 4.95. The number of nitrogens with one attached hydrogen (secondary N) is 2. The maximum absolute atomic E-state index is 8.61. The summed E-state index contributed by atoms with van der Waals surface area (Å²) in [6.45, 7) is 1.41. The van der Waals surface area contributed by atoms with Crippen molar-refractivity contribution in [2.75, 3.05) is 19.7 Å². The summed E-state index contributed by atoms with van der Waals surface area (Å²) in [6.07, 6.45) is 4.84. The van der Waals surface area contributed by atoms with Gasteiger partial charge in [0.2, 0.25) is 0 Å². The highest BCUT2D eigenvalue weighted by Crippen LogP contribution is 2.28. The molecule has 15 heavy (non-hydrogen) atoms. The summed E-state index contributed by atoms with van der Waals surface area (Å²) in [6, 6.07) is 0. The summed E-state index contributed by atoms with van der Waals surface area (Å²) in [5.74, 6) is 0. The van der Waals surface area contributed by atoms with E-state index in [0.29, 0.717) is 11.7 Å². The molecule has 0 aromatic heterocycles. The molecule has 0 aromatic rings. The quantitative estimate of drug-likeness (QED) is 0.690. The van der Waals surface area contributed by atoms with E-state index in [1.807, 2.05) is 0 Å². The van der Waals surface area contributed by atoms with E-state index in [2.05, 4.69) is 26.6 Å². The van der Waals surface area contributed by atoms with E-state index < -0.39 is 0 Å². The first-order valence-corrected chi connectivity index (χ1v) is 6.43. The van der Waals surface area contributed by atoms with Crippen molar-refractivity contribution in [3.63, 3.8) is 0 Å². The van der Waals surface area contributed by atoms with Crippen molar-refractivity contribution in [1.29, 1.82) is 0 Å². The van der Waals surface area contributed by atoms with Crippen LogP contribution in [0.5, 0.6) is 0 Å². The maximum atomic E-state index is 8.61. The molecule has 0 spiro atoms. The minimum atomic E-state index is 0.105. The van der Waals surface area contributed by atoms with Crippen molar-refractivity contribution in [3.8, 4) is 0 Å². The molecule has 3 N–H and O–H groups in total. The molecule has 5 heteroatoms. The monoisotopic (exact) mass is 292 g/mol. The Balaban J connectivity index is 2.26. The lowest BCUT2D eigenvalue weighted by atomic mass is 10.00. The molecule has 1 aliphatic carbocycles. The third-order valence-corrected chi connectivity index (χ3v) is 3.61. The number of rotatable bonds is 4. The highest BCUT2D eigenvalue weighted by atomic mass is 79.9. The normalized spacial score (nSPS) is 16.4. The van der Waals surface area contributed by atoms with Gasteiger partial charge in [-0.3, -0.25) is 0 Å². The fourth-order valence-corrected chi connectivity index (χ4v) is 2.33. The minimum absolute atomic E-state index is 0.105. The van der Waals surface area contributed by atoms with E-state index in [1.54, 1.807) is 0 Å². The molecule has 0 aromatic carbocycles. The smallest absolute Gasteiger partial charge is 0.166 e. The number of aliphatic hydroxyl groups excluding tert-OH is 1. The van der Waals surface area contributed by atoms with Gasteiger partial charge < -0.3 is 15.7 Å². The molecule has 0 saturated heterocycles. The van der Waals surface area contributed by atoms with Gasteiger partial charge in [0.05, 0.1) is 6.61 Å². The van der Waals surface area contributed by atoms with Crippen molar-refractivity contribution >= 4 is 33.3 Å². The van der Waals surface area contributed by atoms with Gasteiger partial charge in [-0.05, 0) is 48.0 Å². The van der Waals surface area contributed by atoms with Crippen molar-refractivity contribution < 1.29 is 5.11 Å². The zero-order valence-corrected chi connectivity index (χ0v) is 11.1. The lowest BCUT2D eigenvalue weighted by molar-refractivity contribution is 0.300. The zero-order valence-electron chi connectivity index (χ0n) is 8.68. The number of hydrogen-bond acceptors (Lipinski definition) is 2. The van der Waals surface area contributed by atoms with E-state index in [9.17, 15) is 0 Å². The average molecular weight is 293 g/mol. The van der Waals surface area contributed by atoms with Crippen LogP contribution >= 0.6 is 28.1 Å². The summed E-state index contributed by atoms with van der Waals surface area (Å²) in [4.78, 5) is 0. The second kappa shape index (κ2) is 7.19. The van der Waals surface area contributed by atoms with Gasteiger partial charge in [-0.15, -0.1) is 0 Å². The van der Waals surface area contributed by atoms with Gasteiger partial charge in [-0.1, -0.05) is 15.9 Å². The maximum Gasteiger partial charge on any atom is 0.166 e. The first-order chi connectivity index (χ1) is 7.24. The molecule has 0 atom stereocenters. The van der Waals surface area contributed by atoms with Gasteiger partial charge in [0.25, 0.3) is 0 Å². The Kier molecular flexibility index (Phi) is 6.20. The lowest BCUT2D eigenvalue weighted by Crippen LogP contribution is -2.37. The number of aliphatic hydroxyl groups is 1. The van der Waals surface area contributed by atoms with E-state index in [-0.39, 0.29) is 6.61 Å². The summed E-state index contributed by atoms with van der Waals surface area (Å²) in [5.41, 5.74) is 1.41. The summed E-state index contributed by atoms with van der Waals surface area (Å²) in [5, 5.41) is 15.3. The third-order valence-electron chi connectivity index (χ3n) is 2.37. The Labute approximate surface area is 104 Å². The van der Waals surface area contributed by atoms with Crippen molar-refractivity contribution in [2.24, 2.45) is 0 Å². The van der Waals surface area contributed by atoms with Crippen LogP contribution in [0.3, 0.4) is 0 Å². The van der Waals surface area contributed by atoms with E-state index in [0.717, 1.165) is 19.4 Å². The van der Waals surface area contributed by atoms with Gasteiger partial charge >= 0.3 is 0 Å². The predicted octanol–water partition coefficient (Wildman–Crippen LogP) is 1.67. The van der Waals surface area contributed by atoms with Gasteiger partial charge in [-0.25, -0.2) is 0 Å². The van der Waals surface area contributed by atoms with Crippen LogP contribution in [0.1, 0.15) is 25.7 Å². The lowest BCUT2D eigenvalue weighted by Gasteiger charge is -2.18. The second-order valence-corrected chi connectivity index (χ2v) is 4.91. The molecule has 3 nitrogen and oxygen atoms in total. The molecular weight excluding hydrogens is 276 g/mol.